The van der Waals surface area contributed by atoms with Gasteiger partial charge in [-0.05, 0) is 64.4 Å². The quantitative estimate of drug-likeness (QED) is 0.351. The number of benzene rings is 3. The molecule has 5 heteroatoms. The Kier molecular flexibility index (Phi) is 5.97. The lowest BCUT2D eigenvalue weighted by atomic mass is 9.88. The van der Waals surface area contributed by atoms with E-state index in [-0.39, 0.29) is 28.3 Å². The fourth-order valence-corrected chi connectivity index (χ4v) is 3.42. The molecule has 0 amide bonds. The van der Waals surface area contributed by atoms with Gasteiger partial charge in [0.25, 0.3) is 5.69 Å². The lowest BCUT2D eigenvalue weighted by Crippen LogP contribution is -2.06. The summed E-state index contributed by atoms with van der Waals surface area (Å²) in [7, 11) is 0. The Bertz CT molecular complexity index is 998. The fourth-order valence-electron chi connectivity index (χ4n) is 3.42. The second kappa shape index (κ2) is 8.43. The van der Waals surface area contributed by atoms with E-state index in [2.05, 4.69) is 45.1 Å². The van der Waals surface area contributed by atoms with E-state index in [1.54, 1.807) is 30.3 Å². The number of anilines is 2. The molecule has 0 aliphatic rings. The highest BCUT2D eigenvalue weighted by atomic mass is 19.1. The van der Waals surface area contributed by atoms with Gasteiger partial charge in [-0.1, -0.05) is 52.0 Å². The second-order valence-electron chi connectivity index (χ2n) is 7.75. The smallest absolute Gasteiger partial charge is 0.292 e. The van der Waals surface area contributed by atoms with Crippen LogP contribution < -0.4 is 5.32 Å². The molecule has 3 aromatic rings. The second-order valence-corrected chi connectivity index (χ2v) is 7.75. The van der Waals surface area contributed by atoms with Gasteiger partial charge < -0.3 is 5.32 Å². The van der Waals surface area contributed by atoms with Gasteiger partial charge in [0.1, 0.15) is 11.5 Å². The molecule has 0 aliphatic heterocycles. The first-order valence-electron chi connectivity index (χ1n) is 9.72. The lowest BCUT2D eigenvalue weighted by molar-refractivity contribution is -0.383. The maximum atomic E-state index is 13.4. The van der Waals surface area contributed by atoms with Crippen LogP contribution in [0.3, 0.4) is 0 Å². The van der Waals surface area contributed by atoms with Crippen molar-refractivity contribution in [3.8, 4) is 11.1 Å². The summed E-state index contributed by atoms with van der Waals surface area (Å²) in [5.41, 5.74) is 5.48. The Morgan fingerprint density at radius 3 is 1.93 bits per heavy atom. The molecule has 0 saturated carbocycles. The Morgan fingerprint density at radius 1 is 0.862 bits per heavy atom. The van der Waals surface area contributed by atoms with Crippen LogP contribution in [0.5, 0.6) is 0 Å². The first-order chi connectivity index (χ1) is 13.8. The average molecular weight is 392 g/mol. The van der Waals surface area contributed by atoms with Gasteiger partial charge in [-0.3, -0.25) is 10.1 Å². The van der Waals surface area contributed by atoms with E-state index >= 15 is 0 Å². The van der Waals surface area contributed by atoms with Crippen LogP contribution in [0.4, 0.5) is 21.5 Å². The van der Waals surface area contributed by atoms with Crippen molar-refractivity contribution in [2.45, 2.75) is 39.5 Å². The molecule has 0 aromatic heterocycles. The lowest BCUT2D eigenvalue weighted by Gasteiger charge is -2.23. The monoisotopic (exact) mass is 392 g/mol. The highest BCUT2D eigenvalue weighted by molar-refractivity contribution is 5.78. The number of hydrogen-bond donors (Lipinski definition) is 1. The van der Waals surface area contributed by atoms with Crippen LogP contribution in [0.2, 0.25) is 0 Å². The van der Waals surface area contributed by atoms with Crippen molar-refractivity contribution in [2.24, 2.45) is 0 Å². The maximum absolute atomic E-state index is 13.4. The van der Waals surface area contributed by atoms with Crippen molar-refractivity contribution in [3.63, 3.8) is 0 Å². The van der Waals surface area contributed by atoms with E-state index in [0.717, 1.165) is 27.9 Å². The molecule has 29 heavy (non-hydrogen) atoms. The summed E-state index contributed by atoms with van der Waals surface area (Å²) in [5.74, 6) is 0.118. The molecular weight excluding hydrogens is 367 g/mol. The van der Waals surface area contributed by atoms with Crippen LogP contribution in [-0.2, 0) is 0 Å². The molecule has 3 rings (SSSR count). The molecule has 4 nitrogen and oxygen atoms in total. The summed E-state index contributed by atoms with van der Waals surface area (Å²) >= 11 is 0. The van der Waals surface area contributed by atoms with Crippen molar-refractivity contribution in [2.75, 3.05) is 5.32 Å². The summed E-state index contributed by atoms with van der Waals surface area (Å²) in [4.78, 5) is 11.1. The van der Waals surface area contributed by atoms with E-state index in [1.807, 2.05) is 0 Å². The molecule has 0 fully saturated rings. The highest BCUT2D eigenvalue weighted by Gasteiger charge is 2.20. The van der Waals surface area contributed by atoms with Gasteiger partial charge in [0.05, 0.1) is 4.92 Å². The minimum atomic E-state index is -0.376. The third-order valence-corrected chi connectivity index (χ3v) is 4.98. The number of nitro groups is 1. The van der Waals surface area contributed by atoms with Gasteiger partial charge in [0.15, 0.2) is 0 Å². The number of para-hydroxylation sites is 2. The predicted octanol–water partition coefficient (Wildman–Crippen LogP) is 7.39. The van der Waals surface area contributed by atoms with Crippen molar-refractivity contribution >= 4 is 17.1 Å². The van der Waals surface area contributed by atoms with E-state index in [1.165, 1.54) is 18.2 Å². The number of rotatable bonds is 6. The molecule has 0 saturated heterocycles. The Balaban J connectivity index is 2.18. The topological polar surface area (TPSA) is 55.2 Å². The first-order valence-corrected chi connectivity index (χ1v) is 9.72. The van der Waals surface area contributed by atoms with E-state index in [9.17, 15) is 14.5 Å². The standard InChI is InChI=1S/C24H25FN2O2/c1-15(2)20-13-18(17-9-11-19(25)12-10-17)14-21(16(3)4)24(20)26-22-7-5-6-8-23(22)27(28)29/h5-16,26H,1-4H3. The molecule has 0 radical (unpaired) electrons. The van der Waals surface area contributed by atoms with Crippen LogP contribution in [-0.4, -0.2) is 4.92 Å². The number of nitro benzene ring substituents is 1. The average Bonchev–Trinajstić information content (AvgIpc) is 2.68. The van der Waals surface area contributed by atoms with Crippen molar-refractivity contribution in [1.29, 1.82) is 0 Å². The van der Waals surface area contributed by atoms with Gasteiger partial charge in [0.2, 0.25) is 0 Å². The molecule has 3 aromatic carbocycles. The zero-order valence-electron chi connectivity index (χ0n) is 17.1. The van der Waals surface area contributed by atoms with Crippen LogP contribution in [0.25, 0.3) is 11.1 Å². The van der Waals surface area contributed by atoms with Crippen LogP contribution in [0, 0.1) is 15.9 Å². The summed E-state index contributed by atoms with van der Waals surface area (Å²) in [5, 5.41) is 14.8. The molecule has 1 N–H and O–H groups in total. The van der Waals surface area contributed by atoms with Gasteiger partial charge >= 0.3 is 0 Å². The minimum absolute atomic E-state index is 0.0412. The molecule has 0 aliphatic carbocycles. The van der Waals surface area contributed by atoms with Crippen LogP contribution >= 0.6 is 0 Å². The molecule has 0 spiro atoms. The molecular formula is C24H25FN2O2. The maximum Gasteiger partial charge on any atom is 0.292 e. The van der Waals surface area contributed by atoms with Gasteiger partial charge in [-0.15, -0.1) is 0 Å². The van der Waals surface area contributed by atoms with E-state index in [0.29, 0.717) is 5.69 Å². The molecule has 0 atom stereocenters. The fraction of sp³-hybridized carbons (Fsp3) is 0.250. The number of halogens is 1. The summed E-state index contributed by atoms with van der Waals surface area (Å²) in [6.45, 7) is 8.38. The van der Waals surface area contributed by atoms with E-state index < -0.39 is 0 Å². The predicted molar refractivity (Wildman–Crippen MR) is 116 cm³/mol. The van der Waals surface area contributed by atoms with Crippen LogP contribution in [0.15, 0.2) is 60.7 Å². The Labute approximate surface area is 170 Å². The van der Waals surface area contributed by atoms with Gasteiger partial charge in [-0.25, -0.2) is 4.39 Å². The Morgan fingerprint density at radius 2 is 1.41 bits per heavy atom. The molecule has 150 valence electrons. The molecule has 0 bridgehead atoms. The van der Waals surface area contributed by atoms with Crippen molar-refractivity contribution < 1.29 is 9.31 Å². The number of nitrogens with zero attached hydrogens (tertiary/aromatic N) is 1. The third kappa shape index (κ3) is 4.45. The molecule has 0 unspecified atom stereocenters. The Hall–Kier alpha value is -3.21. The van der Waals surface area contributed by atoms with Gasteiger partial charge in [-0.2, -0.15) is 0 Å². The number of nitrogens with one attached hydrogen (secondary N) is 1. The van der Waals surface area contributed by atoms with Crippen molar-refractivity contribution in [1.82, 2.24) is 0 Å². The summed E-state index contributed by atoms with van der Waals surface area (Å²) in [6.07, 6.45) is 0. The largest absolute Gasteiger partial charge is 0.349 e. The third-order valence-electron chi connectivity index (χ3n) is 4.98. The van der Waals surface area contributed by atoms with Crippen molar-refractivity contribution in [3.05, 3.63) is 87.7 Å². The SMILES string of the molecule is CC(C)c1cc(-c2ccc(F)cc2)cc(C(C)C)c1Nc1ccccc1[N+](=O)[O-]. The van der Waals surface area contributed by atoms with E-state index in [4.69, 9.17) is 0 Å². The zero-order valence-corrected chi connectivity index (χ0v) is 17.1. The zero-order chi connectivity index (χ0) is 21.1. The number of hydrogen-bond acceptors (Lipinski definition) is 3. The highest BCUT2D eigenvalue weighted by Crippen LogP contribution is 2.40. The van der Waals surface area contributed by atoms with Crippen LogP contribution in [0.1, 0.15) is 50.7 Å². The summed E-state index contributed by atoms with van der Waals surface area (Å²) in [6, 6.07) is 17.3. The normalized spacial score (nSPS) is 11.1. The minimum Gasteiger partial charge on any atom is -0.349 e. The summed E-state index contributed by atoms with van der Waals surface area (Å²) < 4.78 is 13.4. The first kappa shape index (κ1) is 20.5. The van der Waals surface area contributed by atoms with Gasteiger partial charge in [0, 0.05) is 11.8 Å². The molecule has 0 heterocycles.